The van der Waals surface area contributed by atoms with Gasteiger partial charge in [0, 0.05) is 87.4 Å². The first-order valence-corrected chi connectivity index (χ1v) is 25.2. The summed E-state index contributed by atoms with van der Waals surface area (Å²) in [6.07, 6.45) is 6.31. The summed E-state index contributed by atoms with van der Waals surface area (Å²) >= 11 is 0. The third-order valence-electron chi connectivity index (χ3n) is 11.8. The molecule has 382 valence electrons. The number of hydrogen-bond donors (Lipinski definition) is 3. The number of primary amides is 2. The van der Waals surface area contributed by atoms with Gasteiger partial charge in [-0.15, -0.1) is 0 Å². The normalized spacial score (nSPS) is 11.9. The highest BCUT2D eigenvalue weighted by atomic mass is 32.2. The van der Waals surface area contributed by atoms with E-state index in [1.54, 1.807) is 36.2 Å². The van der Waals surface area contributed by atoms with Crippen LogP contribution in [0.25, 0.3) is 44.5 Å². The number of aryl methyl sites for hydroxylation is 4. The van der Waals surface area contributed by atoms with Gasteiger partial charge in [-0.05, 0) is 76.9 Å². The Morgan fingerprint density at radius 3 is 2.08 bits per heavy atom. The Balaban J connectivity index is 1.27. The minimum atomic E-state index is -3.69. The molecule has 0 saturated heterocycles. The summed E-state index contributed by atoms with van der Waals surface area (Å²) in [7, 11) is -0.838. The number of carbonyl (C=O) groups is 4. The van der Waals surface area contributed by atoms with Gasteiger partial charge >= 0.3 is 5.97 Å². The van der Waals surface area contributed by atoms with E-state index in [9.17, 15) is 27.6 Å². The number of aromatic nitrogens is 9. The highest BCUT2D eigenvalue weighted by molar-refractivity contribution is 7.89. The molecule has 7 aromatic rings. The molecule has 0 aliphatic rings. The molecule has 0 radical (unpaired) electrons. The molecule has 0 spiro atoms. The number of carbonyl (C=O) groups excluding carboxylic acids is 4. The Hall–Kier alpha value is -7.50. The molecule has 5 N–H and O–H groups in total. The van der Waals surface area contributed by atoms with Crippen molar-refractivity contribution < 1.29 is 46.5 Å². The molecule has 2 amide bonds. The standard InChI is InChI=1S/C49H60N12O10S/c1-7-60-37(22-30(3)56-60)39(62)28-42-54-36-25-33(47(51)65)27-41(70-19-12-15-53-72(66,67)21-11-14-43(63)69-6)45(36)58(42)16-9-10-17-59-44-34(24-32(46(50)64)26-40(44)71-20-13-18-68-5)35-29-52-48(55-49(35)59)38-23-31(4)57-61(38)8-2/h9-10,22-27,29,53H,7-8,11-21,28H2,1-6H3,(H2,50,64)(H2,51,65)/b10-9+. The maximum Gasteiger partial charge on any atom is 0.305 e. The minimum absolute atomic E-state index is 0.0236. The van der Waals surface area contributed by atoms with E-state index in [2.05, 4.69) is 19.7 Å². The molecule has 2 aromatic carbocycles. The van der Waals surface area contributed by atoms with Gasteiger partial charge in [0.05, 0.1) is 54.9 Å². The molecule has 0 atom stereocenters. The number of allylic oxidation sites excluding steroid dienone is 2. The molecule has 5 heterocycles. The molecular weight excluding hydrogens is 949 g/mol. The first-order chi connectivity index (χ1) is 34.6. The summed E-state index contributed by atoms with van der Waals surface area (Å²) in [6.45, 7) is 9.88. The fourth-order valence-electron chi connectivity index (χ4n) is 8.40. The first-order valence-electron chi connectivity index (χ1n) is 23.6. The Morgan fingerprint density at radius 1 is 0.750 bits per heavy atom. The second-order valence-electron chi connectivity index (χ2n) is 17.0. The van der Waals surface area contributed by atoms with E-state index >= 15 is 0 Å². The highest BCUT2D eigenvalue weighted by Crippen LogP contribution is 2.37. The number of hydrogen-bond acceptors (Lipinski definition) is 15. The van der Waals surface area contributed by atoms with E-state index in [0.29, 0.717) is 87.9 Å². The molecule has 0 aliphatic carbocycles. The predicted octanol–water partition coefficient (Wildman–Crippen LogP) is 4.59. The Kier molecular flexibility index (Phi) is 16.8. The number of esters is 1. The van der Waals surface area contributed by atoms with Crippen LogP contribution < -0.4 is 25.7 Å². The van der Waals surface area contributed by atoms with Crippen molar-refractivity contribution in [3.05, 3.63) is 88.8 Å². The second kappa shape index (κ2) is 23.2. The van der Waals surface area contributed by atoms with Crippen LogP contribution in [0.4, 0.5) is 0 Å². The lowest BCUT2D eigenvalue weighted by atomic mass is 10.1. The monoisotopic (exact) mass is 1010 g/mol. The summed E-state index contributed by atoms with van der Waals surface area (Å²) in [5.74, 6) is -0.866. The average molecular weight is 1010 g/mol. The lowest BCUT2D eigenvalue weighted by Crippen LogP contribution is -2.28. The molecule has 7 rings (SSSR count). The average Bonchev–Trinajstić information content (AvgIpc) is 4.11. The summed E-state index contributed by atoms with van der Waals surface area (Å²) in [5.41, 5.74) is 16.7. The van der Waals surface area contributed by atoms with Crippen molar-refractivity contribution in [2.45, 2.75) is 86.0 Å². The molecule has 22 nitrogen and oxygen atoms in total. The number of methoxy groups -OCH3 is 2. The van der Waals surface area contributed by atoms with E-state index in [1.807, 2.05) is 59.7 Å². The number of fused-ring (bicyclic) bond motifs is 4. The quantitative estimate of drug-likeness (QED) is 0.0275. The maximum atomic E-state index is 14.1. The van der Waals surface area contributed by atoms with Crippen molar-refractivity contribution in [1.82, 2.24) is 48.4 Å². The zero-order valence-corrected chi connectivity index (χ0v) is 42.1. The zero-order chi connectivity index (χ0) is 51.7. The molecular formula is C49H60N12O10S. The van der Waals surface area contributed by atoms with Crippen LogP contribution in [0.5, 0.6) is 11.5 Å². The molecule has 0 saturated carbocycles. The van der Waals surface area contributed by atoms with Crippen LogP contribution in [-0.2, 0) is 56.9 Å². The topological polar surface area (TPSA) is 288 Å². The summed E-state index contributed by atoms with van der Waals surface area (Å²) in [4.78, 5) is 65.6. The number of ether oxygens (including phenoxy) is 4. The van der Waals surface area contributed by atoms with Gasteiger partial charge in [-0.3, -0.25) is 28.5 Å². The Morgan fingerprint density at radius 2 is 1.40 bits per heavy atom. The van der Waals surface area contributed by atoms with Crippen LogP contribution in [0.15, 0.2) is 54.7 Å². The first kappa shape index (κ1) is 52.3. The van der Waals surface area contributed by atoms with Crippen LogP contribution in [0.3, 0.4) is 0 Å². The largest absolute Gasteiger partial charge is 0.491 e. The zero-order valence-electron chi connectivity index (χ0n) is 41.3. The van der Waals surface area contributed by atoms with Gasteiger partial charge in [0.1, 0.15) is 39.9 Å². The molecule has 23 heteroatoms. The molecule has 0 bridgehead atoms. The summed E-state index contributed by atoms with van der Waals surface area (Å²) in [6, 6.07) is 10.0. The van der Waals surface area contributed by atoms with Gasteiger partial charge in [0.25, 0.3) is 0 Å². The smallest absolute Gasteiger partial charge is 0.305 e. The third-order valence-corrected chi connectivity index (χ3v) is 13.2. The van der Waals surface area contributed by atoms with Crippen LogP contribution in [0.1, 0.15) is 87.9 Å². The van der Waals surface area contributed by atoms with Crippen LogP contribution in [0.2, 0.25) is 0 Å². The molecule has 5 aromatic heterocycles. The van der Waals surface area contributed by atoms with Gasteiger partial charge in [-0.25, -0.2) is 28.1 Å². The van der Waals surface area contributed by atoms with Gasteiger partial charge in [-0.2, -0.15) is 10.2 Å². The lowest BCUT2D eigenvalue weighted by Gasteiger charge is -2.13. The number of amides is 2. The van der Waals surface area contributed by atoms with Crippen molar-refractivity contribution in [2.24, 2.45) is 11.5 Å². The number of imidazole rings is 1. The number of ketones is 1. The van der Waals surface area contributed by atoms with Crippen molar-refractivity contribution >= 4 is 66.6 Å². The van der Waals surface area contributed by atoms with E-state index in [0.717, 1.165) is 11.4 Å². The van der Waals surface area contributed by atoms with Crippen LogP contribution in [0, 0.1) is 13.8 Å². The highest BCUT2D eigenvalue weighted by Gasteiger charge is 2.24. The molecule has 0 unspecified atom stereocenters. The molecule has 72 heavy (non-hydrogen) atoms. The number of sulfonamides is 1. The third kappa shape index (κ3) is 12.0. The van der Waals surface area contributed by atoms with Crippen molar-refractivity contribution in [3.63, 3.8) is 0 Å². The van der Waals surface area contributed by atoms with E-state index < -0.39 is 27.8 Å². The number of Topliss-reactive ketones (excluding diaryl/α,β-unsaturated/α-hetero) is 1. The van der Waals surface area contributed by atoms with Crippen LogP contribution >= 0.6 is 0 Å². The minimum Gasteiger partial charge on any atom is -0.491 e. The van der Waals surface area contributed by atoms with E-state index in [-0.39, 0.29) is 86.9 Å². The summed E-state index contributed by atoms with van der Waals surface area (Å²) in [5, 5.41) is 10.4. The van der Waals surface area contributed by atoms with E-state index in [1.165, 1.54) is 19.2 Å². The van der Waals surface area contributed by atoms with Gasteiger partial charge in [-0.1, -0.05) is 12.2 Å². The predicted molar refractivity (Wildman–Crippen MR) is 268 cm³/mol. The Bertz CT molecular complexity index is 3300. The summed E-state index contributed by atoms with van der Waals surface area (Å²) < 4.78 is 57.5. The van der Waals surface area contributed by atoms with Gasteiger partial charge in [0.15, 0.2) is 11.6 Å². The van der Waals surface area contributed by atoms with E-state index in [4.69, 9.17) is 40.6 Å². The van der Waals surface area contributed by atoms with Gasteiger partial charge < -0.3 is 39.5 Å². The van der Waals surface area contributed by atoms with Gasteiger partial charge in [0.2, 0.25) is 21.8 Å². The van der Waals surface area contributed by atoms with Crippen molar-refractivity contribution in [1.29, 1.82) is 0 Å². The van der Waals surface area contributed by atoms with Crippen LogP contribution in [-0.4, -0.2) is 122 Å². The lowest BCUT2D eigenvalue weighted by molar-refractivity contribution is -0.140. The number of nitrogens with one attached hydrogen (secondary N) is 1. The SMILES string of the molecule is CCn1nc(C)cc1C(=O)Cc1nc2cc(C(N)=O)cc(OCCCNS(=O)(=O)CCCC(=O)OC)c2n1C/C=C/Cn1c2nc(-c3cc(C)nn3CC)ncc2c2cc(C(N)=O)cc(OCCCOC)c21. The number of rotatable bonds is 27. The number of nitrogens with zero attached hydrogens (tertiary/aromatic N) is 9. The van der Waals surface area contributed by atoms with Crippen molar-refractivity contribution in [2.75, 3.05) is 46.3 Å². The maximum absolute atomic E-state index is 14.1. The second-order valence-corrected chi connectivity index (χ2v) is 18.9. The number of nitrogens with two attached hydrogens (primary N) is 2. The molecule has 0 aliphatic heterocycles. The fraction of sp³-hybridized carbons (Fsp3) is 0.408. The molecule has 0 fully saturated rings. The number of benzene rings is 2. The fourth-order valence-corrected chi connectivity index (χ4v) is 9.53. The Labute approximate surface area is 415 Å². The van der Waals surface area contributed by atoms with Crippen molar-refractivity contribution in [3.8, 4) is 23.0 Å².